The quantitative estimate of drug-likeness (QED) is 0.375. The van der Waals surface area contributed by atoms with E-state index >= 15 is 0 Å². The first-order valence-electron chi connectivity index (χ1n) is 11.6. The minimum atomic E-state index is -0.160. The summed E-state index contributed by atoms with van der Waals surface area (Å²) in [7, 11) is 0. The summed E-state index contributed by atoms with van der Waals surface area (Å²) in [5, 5.41) is 8.40. The van der Waals surface area contributed by atoms with Crippen molar-refractivity contribution in [1.82, 2.24) is 20.1 Å². The van der Waals surface area contributed by atoms with Gasteiger partial charge in [-0.3, -0.25) is 9.48 Å². The van der Waals surface area contributed by atoms with Crippen LogP contribution in [0.25, 0.3) is 22.2 Å². The Balaban J connectivity index is 1.63. The monoisotopic (exact) mass is 458 g/mol. The molecule has 0 aliphatic carbocycles. The van der Waals surface area contributed by atoms with Crippen molar-refractivity contribution in [1.29, 1.82) is 0 Å². The number of nitrogens with one attached hydrogen (secondary N) is 1. The molecule has 2 heterocycles. The lowest BCUT2D eigenvalue weighted by atomic mass is 10.0. The molecule has 7 heteroatoms. The van der Waals surface area contributed by atoms with E-state index in [1.807, 2.05) is 87.1 Å². The first-order valence-corrected chi connectivity index (χ1v) is 11.6. The Bertz CT molecular complexity index is 1310. The maximum atomic E-state index is 13.3. The van der Waals surface area contributed by atoms with Crippen LogP contribution in [0.5, 0.6) is 11.5 Å². The molecule has 0 aliphatic rings. The molecule has 1 N–H and O–H groups in total. The summed E-state index contributed by atoms with van der Waals surface area (Å²) in [6.07, 6.45) is 1.98. The summed E-state index contributed by atoms with van der Waals surface area (Å²) in [5.41, 5.74) is 4.83. The number of pyridine rings is 1. The molecule has 176 valence electrons. The highest BCUT2D eigenvalue weighted by Gasteiger charge is 2.17. The van der Waals surface area contributed by atoms with Crippen LogP contribution in [0, 0.1) is 6.92 Å². The van der Waals surface area contributed by atoms with Gasteiger partial charge < -0.3 is 14.8 Å². The molecule has 0 spiro atoms. The van der Waals surface area contributed by atoms with Gasteiger partial charge in [0.05, 0.1) is 35.7 Å². The number of amides is 1. The minimum absolute atomic E-state index is 0.160. The van der Waals surface area contributed by atoms with E-state index in [0.717, 1.165) is 40.0 Å². The number of ether oxygens (including phenoxy) is 2. The number of rotatable bonds is 9. The number of hydrogen-bond donors (Lipinski definition) is 1. The van der Waals surface area contributed by atoms with E-state index in [-0.39, 0.29) is 5.91 Å². The van der Waals surface area contributed by atoms with E-state index in [4.69, 9.17) is 14.5 Å². The van der Waals surface area contributed by atoms with Crippen molar-refractivity contribution in [2.45, 2.75) is 40.8 Å². The molecule has 2 aromatic carbocycles. The zero-order chi connectivity index (χ0) is 24.1. The highest BCUT2D eigenvalue weighted by molar-refractivity contribution is 6.07. The van der Waals surface area contributed by atoms with Crippen molar-refractivity contribution in [3.63, 3.8) is 0 Å². The van der Waals surface area contributed by atoms with Crippen LogP contribution in [0.2, 0.25) is 0 Å². The van der Waals surface area contributed by atoms with Crippen LogP contribution in [0.4, 0.5) is 0 Å². The highest BCUT2D eigenvalue weighted by Crippen LogP contribution is 2.29. The Morgan fingerprint density at radius 2 is 1.76 bits per heavy atom. The van der Waals surface area contributed by atoms with Gasteiger partial charge in [-0.2, -0.15) is 5.10 Å². The average molecular weight is 459 g/mol. The van der Waals surface area contributed by atoms with Crippen LogP contribution >= 0.6 is 0 Å². The van der Waals surface area contributed by atoms with Gasteiger partial charge >= 0.3 is 0 Å². The van der Waals surface area contributed by atoms with E-state index < -0.39 is 0 Å². The lowest BCUT2D eigenvalue weighted by Gasteiger charge is -2.13. The van der Waals surface area contributed by atoms with Crippen molar-refractivity contribution in [2.75, 3.05) is 13.2 Å². The number of carbonyl (C=O) groups excluding carboxylic acids is 1. The molecule has 0 radical (unpaired) electrons. The SMILES string of the molecule is CCOc1ccc(CNC(=O)c2cc(-c3cn(CC)nc3C)nc3ccccc23)cc1OCC. The summed E-state index contributed by atoms with van der Waals surface area (Å²) in [4.78, 5) is 18.1. The molecule has 1 amide bonds. The normalized spacial score (nSPS) is 10.9. The standard InChI is InChI=1S/C27H30N4O3/c1-5-31-17-22(18(4)30-31)24-15-21(20-10-8-9-11-23(20)29-24)27(32)28-16-19-12-13-25(33-6-2)26(14-19)34-7-3/h8-15,17H,5-7,16H2,1-4H3,(H,28,32). The topological polar surface area (TPSA) is 78.3 Å². The van der Waals surface area contributed by atoms with E-state index in [9.17, 15) is 4.79 Å². The maximum absolute atomic E-state index is 13.3. The van der Waals surface area contributed by atoms with Crippen molar-refractivity contribution in [2.24, 2.45) is 0 Å². The molecule has 0 saturated carbocycles. The molecule has 4 aromatic rings. The largest absolute Gasteiger partial charge is 0.490 e. The highest BCUT2D eigenvalue weighted by atomic mass is 16.5. The van der Waals surface area contributed by atoms with Crippen LogP contribution in [0.1, 0.15) is 42.4 Å². The predicted octanol–water partition coefficient (Wildman–Crippen LogP) is 5.15. The lowest BCUT2D eigenvalue weighted by Crippen LogP contribution is -2.23. The van der Waals surface area contributed by atoms with Gasteiger partial charge in [-0.15, -0.1) is 0 Å². The average Bonchev–Trinajstić information content (AvgIpc) is 3.24. The number of nitrogens with zero attached hydrogens (tertiary/aromatic N) is 3. The minimum Gasteiger partial charge on any atom is -0.490 e. The fraction of sp³-hybridized carbons (Fsp3) is 0.296. The third-order valence-electron chi connectivity index (χ3n) is 5.57. The van der Waals surface area contributed by atoms with Crippen molar-refractivity contribution in [3.8, 4) is 22.8 Å². The van der Waals surface area contributed by atoms with E-state index in [0.29, 0.717) is 36.8 Å². The van der Waals surface area contributed by atoms with Gasteiger partial charge in [-0.25, -0.2) is 4.98 Å². The number of para-hydroxylation sites is 1. The number of carbonyl (C=O) groups is 1. The Morgan fingerprint density at radius 3 is 2.50 bits per heavy atom. The summed E-state index contributed by atoms with van der Waals surface area (Å²) in [6.45, 7) is 10.1. The van der Waals surface area contributed by atoms with Gasteiger partial charge in [0.2, 0.25) is 0 Å². The molecule has 0 atom stereocenters. The van der Waals surface area contributed by atoms with Crippen LogP contribution in [-0.2, 0) is 13.1 Å². The van der Waals surface area contributed by atoms with Crippen molar-refractivity contribution < 1.29 is 14.3 Å². The zero-order valence-corrected chi connectivity index (χ0v) is 20.1. The fourth-order valence-corrected chi connectivity index (χ4v) is 3.92. The Morgan fingerprint density at radius 1 is 1.00 bits per heavy atom. The summed E-state index contributed by atoms with van der Waals surface area (Å²) >= 11 is 0. The van der Waals surface area contributed by atoms with Crippen LogP contribution in [0.3, 0.4) is 0 Å². The van der Waals surface area contributed by atoms with E-state index in [1.165, 1.54) is 0 Å². The second kappa shape index (κ2) is 10.4. The molecule has 0 fully saturated rings. The van der Waals surface area contributed by atoms with Gasteiger partial charge in [0.1, 0.15) is 0 Å². The third kappa shape index (κ3) is 4.88. The molecule has 0 bridgehead atoms. The predicted molar refractivity (Wildman–Crippen MR) is 133 cm³/mol. The zero-order valence-electron chi connectivity index (χ0n) is 20.1. The van der Waals surface area contributed by atoms with E-state index in [2.05, 4.69) is 10.4 Å². The molecule has 4 rings (SSSR count). The number of aromatic nitrogens is 3. The summed E-state index contributed by atoms with van der Waals surface area (Å²) < 4.78 is 13.2. The van der Waals surface area contributed by atoms with Gasteiger partial charge in [0, 0.05) is 30.2 Å². The Hall–Kier alpha value is -3.87. The molecule has 0 aliphatic heterocycles. The number of hydrogen-bond acceptors (Lipinski definition) is 5. The first kappa shape index (κ1) is 23.3. The lowest BCUT2D eigenvalue weighted by molar-refractivity contribution is 0.0952. The molecule has 2 aromatic heterocycles. The molecule has 0 unspecified atom stereocenters. The smallest absolute Gasteiger partial charge is 0.252 e. The second-order valence-electron chi connectivity index (χ2n) is 7.89. The number of fused-ring (bicyclic) bond motifs is 1. The molecular formula is C27H30N4O3. The van der Waals surface area contributed by atoms with Gasteiger partial charge in [-0.1, -0.05) is 24.3 Å². The number of aryl methyl sites for hydroxylation is 2. The van der Waals surface area contributed by atoms with Gasteiger partial charge in [0.15, 0.2) is 11.5 Å². The molecule has 0 saturated heterocycles. The van der Waals surface area contributed by atoms with Crippen LogP contribution in [0.15, 0.2) is 54.7 Å². The third-order valence-corrected chi connectivity index (χ3v) is 5.57. The molecule has 34 heavy (non-hydrogen) atoms. The molecular weight excluding hydrogens is 428 g/mol. The molecule has 7 nitrogen and oxygen atoms in total. The Labute approximate surface area is 199 Å². The maximum Gasteiger partial charge on any atom is 0.252 e. The second-order valence-corrected chi connectivity index (χ2v) is 7.89. The summed E-state index contributed by atoms with van der Waals surface area (Å²) in [5.74, 6) is 1.22. The fourth-order valence-electron chi connectivity index (χ4n) is 3.92. The van der Waals surface area contributed by atoms with E-state index in [1.54, 1.807) is 0 Å². The van der Waals surface area contributed by atoms with Gasteiger partial charge in [-0.05, 0) is 57.5 Å². The van der Waals surface area contributed by atoms with Crippen LogP contribution in [-0.4, -0.2) is 33.9 Å². The Kier molecular flexibility index (Phi) is 7.11. The summed E-state index contributed by atoms with van der Waals surface area (Å²) in [6, 6.07) is 15.3. The number of benzene rings is 2. The first-order chi connectivity index (χ1) is 16.5. The van der Waals surface area contributed by atoms with Crippen LogP contribution < -0.4 is 14.8 Å². The van der Waals surface area contributed by atoms with Gasteiger partial charge in [0.25, 0.3) is 5.91 Å². The van der Waals surface area contributed by atoms with Crippen molar-refractivity contribution >= 4 is 16.8 Å². The van der Waals surface area contributed by atoms with Crippen molar-refractivity contribution in [3.05, 3.63) is 71.5 Å².